The highest BCUT2D eigenvalue weighted by Crippen LogP contribution is 2.11. The summed E-state index contributed by atoms with van der Waals surface area (Å²) in [6.45, 7) is 11.7. The summed E-state index contributed by atoms with van der Waals surface area (Å²) in [6, 6.07) is 0. The summed E-state index contributed by atoms with van der Waals surface area (Å²) in [5.41, 5.74) is 0.557. The van der Waals surface area contributed by atoms with E-state index in [0.717, 1.165) is 16.7 Å². The van der Waals surface area contributed by atoms with Gasteiger partial charge in [-0.3, -0.25) is 4.99 Å². The summed E-state index contributed by atoms with van der Waals surface area (Å²) in [5, 5.41) is 6.49. The predicted molar refractivity (Wildman–Crippen MR) is 108 cm³/mol. The van der Waals surface area contributed by atoms with E-state index in [0.29, 0.717) is 19.6 Å². The van der Waals surface area contributed by atoms with Crippen LogP contribution in [0, 0.1) is 12.8 Å². The zero-order valence-corrected chi connectivity index (χ0v) is 18.1. The molecule has 0 aliphatic carbocycles. The van der Waals surface area contributed by atoms with E-state index in [9.17, 15) is 4.79 Å². The summed E-state index contributed by atoms with van der Waals surface area (Å²) in [7, 11) is 5.51. The van der Waals surface area contributed by atoms with Crippen LogP contribution in [0.15, 0.2) is 10.4 Å². The van der Waals surface area contributed by atoms with Gasteiger partial charge in [-0.05, 0) is 33.6 Å². The zero-order chi connectivity index (χ0) is 19.9. The van der Waals surface area contributed by atoms with Crippen molar-refractivity contribution in [1.82, 2.24) is 20.1 Å². The molecule has 1 aromatic heterocycles. The average molecular weight is 384 g/mol. The molecule has 0 saturated heterocycles. The van der Waals surface area contributed by atoms with E-state index in [1.165, 1.54) is 0 Å². The van der Waals surface area contributed by atoms with Gasteiger partial charge in [-0.15, -0.1) is 11.3 Å². The van der Waals surface area contributed by atoms with Crippen LogP contribution in [-0.2, 0) is 11.3 Å². The van der Waals surface area contributed by atoms with Crippen molar-refractivity contribution in [3.63, 3.8) is 0 Å². The molecule has 1 N–H and O–H groups in total. The van der Waals surface area contributed by atoms with Crippen LogP contribution in [0.4, 0.5) is 4.79 Å². The molecule has 0 radical (unpaired) electrons. The second-order valence-corrected chi connectivity index (χ2v) is 8.67. The minimum atomic E-state index is -0.481. The number of carbonyl (C=O) groups is 1. The van der Waals surface area contributed by atoms with E-state index in [-0.39, 0.29) is 12.0 Å². The van der Waals surface area contributed by atoms with Gasteiger partial charge < -0.3 is 19.9 Å². The first kappa shape index (κ1) is 22.2. The minimum absolute atomic E-state index is 0.249. The molecule has 0 bridgehead atoms. The first-order valence-electron chi connectivity index (χ1n) is 8.78. The molecule has 0 fully saturated rings. The second-order valence-electron chi connectivity index (χ2n) is 7.61. The van der Waals surface area contributed by atoms with Crippen LogP contribution >= 0.6 is 11.3 Å². The van der Waals surface area contributed by atoms with Gasteiger partial charge in [0.25, 0.3) is 0 Å². The molecule has 0 aromatic carbocycles. The third kappa shape index (κ3) is 8.03. The molecule has 8 heteroatoms. The van der Waals surface area contributed by atoms with Crippen molar-refractivity contribution >= 4 is 23.4 Å². The van der Waals surface area contributed by atoms with Gasteiger partial charge in [-0.2, -0.15) is 0 Å². The average Bonchev–Trinajstić information content (AvgIpc) is 2.91. The highest BCUT2D eigenvalue weighted by Gasteiger charge is 2.21. The number of hydrogen-bond donors (Lipinski definition) is 1. The molecular formula is C18H33N5O2S. The van der Waals surface area contributed by atoms with Crippen LogP contribution in [0.25, 0.3) is 0 Å². The summed E-state index contributed by atoms with van der Waals surface area (Å²) in [4.78, 5) is 24.5. The van der Waals surface area contributed by atoms with Crippen LogP contribution in [0.5, 0.6) is 0 Å². The van der Waals surface area contributed by atoms with Crippen LogP contribution in [0.2, 0.25) is 0 Å². The normalized spacial score (nSPS) is 13.3. The molecule has 0 aliphatic heterocycles. The number of ether oxygens (including phenoxy) is 1. The number of thiazole rings is 1. The highest BCUT2D eigenvalue weighted by atomic mass is 32.1. The second kappa shape index (κ2) is 9.75. The van der Waals surface area contributed by atoms with Gasteiger partial charge in [0.1, 0.15) is 5.60 Å². The number of amides is 1. The molecule has 148 valence electrons. The number of rotatable bonds is 6. The fraction of sp³-hybridized carbons (Fsp3) is 0.722. The van der Waals surface area contributed by atoms with Crippen molar-refractivity contribution in [2.45, 2.75) is 46.8 Å². The van der Waals surface area contributed by atoms with Crippen LogP contribution in [0.3, 0.4) is 0 Å². The quantitative estimate of drug-likeness (QED) is 0.604. The fourth-order valence-corrected chi connectivity index (χ4v) is 3.00. The van der Waals surface area contributed by atoms with Crippen molar-refractivity contribution in [2.24, 2.45) is 10.9 Å². The number of nitrogens with zero attached hydrogens (tertiary/aromatic N) is 4. The Morgan fingerprint density at radius 2 is 2.04 bits per heavy atom. The molecular weight excluding hydrogens is 350 g/mol. The Kier molecular flexibility index (Phi) is 8.33. The predicted octanol–water partition coefficient (Wildman–Crippen LogP) is 2.96. The van der Waals surface area contributed by atoms with E-state index < -0.39 is 5.60 Å². The number of aryl methyl sites for hydroxylation is 1. The van der Waals surface area contributed by atoms with Gasteiger partial charge in [0, 0.05) is 39.6 Å². The molecule has 26 heavy (non-hydrogen) atoms. The topological polar surface area (TPSA) is 70.1 Å². The van der Waals surface area contributed by atoms with E-state index in [1.807, 2.05) is 39.6 Å². The Balaban J connectivity index is 2.45. The van der Waals surface area contributed by atoms with Crippen LogP contribution in [-0.4, -0.2) is 66.7 Å². The van der Waals surface area contributed by atoms with Gasteiger partial charge in [-0.25, -0.2) is 9.78 Å². The standard InChI is InChI=1S/C18H33N5O2S/c1-13(10-23(8)17(24)25-18(3,4)5)9-20-16(19-6)22(7)11-15-12-26-14(2)21-15/h12-13H,9-11H2,1-8H3,(H,19,20). The first-order chi connectivity index (χ1) is 12.0. The monoisotopic (exact) mass is 383 g/mol. The molecule has 1 heterocycles. The third-order valence-corrected chi connectivity index (χ3v) is 4.36. The van der Waals surface area contributed by atoms with E-state index >= 15 is 0 Å². The van der Waals surface area contributed by atoms with Crippen molar-refractivity contribution < 1.29 is 9.53 Å². The third-order valence-electron chi connectivity index (χ3n) is 3.54. The molecule has 1 rings (SSSR count). The molecule has 1 atom stereocenters. The summed E-state index contributed by atoms with van der Waals surface area (Å²) in [5.74, 6) is 1.06. The molecule has 0 spiro atoms. The lowest BCUT2D eigenvalue weighted by Crippen LogP contribution is -2.43. The number of carbonyl (C=O) groups excluding carboxylic acids is 1. The minimum Gasteiger partial charge on any atom is -0.444 e. The zero-order valence-electron chi connectivity index (χ0n) is 17.3. The van der Waals surface area contributed by atoms with Gasteiger partial charge in [0.2, 0.25) is 0 Å². The van der Waals surface area contributed by atoms with Crippen molar-refractivity contribution in [3.05, 3.63) is 16.1 Å². The summed E-state index contributed by atoms with van der Waals surface area (Å²) >= 11 is 1.65. The molecule has 0 saturated carbocycles. The van der Waals surface area contributed by atoms with E-state index in [1.54, 1.807) is 30.3 Å². The maximum Gasteiger partial charge on any atom is 0.410 e. The Labute approximate surface area is 161 Å². The Morgan fingerprint density at radius 3 is 2.54 bits per heavy atom. The van der Waals surface area contributed by atoms with Crippen LogP contribution in [0.1, 0.15) is 38.4 Å². The van der Waals surface area contributed by atoms with E-state index in [2.05, 4.69) is 27.6 Å². The molecule has 0 aliphatic rings. The fourth-order valence-electron chi connectivity index (χ4n) is 2.40. The number of hydrogen-bond acceptors (Lipinski definition) is 5. The Morgan fingerprint density at radius 1 is 1.38 bits per heavy atom. The lowest BCUT2D eigenvalue weighted by atomic mass is 10.1. The van der Waals surface area contributed by atoms with Crippen molar-refractivity contribution in [1.29, 1.82) is 0 Å². The largest absolute Gasteiger partial charge is 0.444 e. The Bertz CT molecular complexity index is 609. The molecule has 1 unspecified atom stereocenters. The number of guanidine groups is 1. The van der Waals surface area contributed by atoms with Gasteiger partial charge >= 0.3 is 6.09 Å². The number of nitrogens with one attached hydrogen (secondary N) is 1. The number of aliphatic imine (C=N–C) groups is 1. The van der Waals surface area contributed by atoms with Gasteiger partial charge in [-0.1, -0.05) is 6.92 Å². The lowest BCUT2D eigenvalue weighted by molar-refractivity contribution is 0.0277. The van der Waals surface area contributed by atoms with Crippen molar-refractivity contribution in [2.75, 3.05) is 34.2 Å². The first-order valence-corrected chi connectivity index (χ1v) is 9.66. The summed E-state index contributed by atoms with van der Waals surface area (Å²) in [6.07, 6.45) is -0.301. The summed E-state index contributed by atoms with van der Waals surface area (Å²) < 4.78 is 5.38. The highest BCUT2D eigenvalue weighted by molar-refractivity contribution is 7.09. The maximum absolute atomic E-state index is 12.0. The maximum atomic E-state index is 12.0. The van der Waals surface area contributed by atoms with Crippen LogP contribution < -0.4 is 5.32 Å². The Hall–Kier alpha value is -1.83. The van der Waals surface area contributed by atoms with Gasteiger partial charge in [0.15, 0.2) is 5.96 Å². The smallest absolute Gasteiger partial charge is 0.410 e. The molecule has 7 nitrogen and oxygen atoms in total. The molecule has 1 aromatic rings. The SMILES string of the molecule is CN=C(NCC(C)CN(C)C(=O)OC(C)(C)C)N(C)Cc1csc(C)n1. The van der Waals surface area contributed by atoms with Gasteiger partial charge in [0.05, 0.1) is 17.2 Å². The lowest BCUT2D eigenvalue weighted by Gasteiger charge is -2.27. The van der Waals surface area contributed by atoms with Crippen molar-refractivity contribution in [3.8, 4) is 0 Å². The molecule has 1 amide bonds. The van der Waals surface area contributed by atoms with E-state index in [4.69, 9.17) is 4.74 Å². The number of aromatic nitrogens is 1.